The summed E-state index contributed by atoms with van der Waals surface area (Å²) in [6.07, 6.45) is 0. The van der Waals surface area contributed by atoms with Gasteiger partial charge in [0.05, 0.1) is 13.2 Å². The van der Waals surface area contributed by atoms with E-state index in [1.165, 1.54) is 0 Å². The van der Waals surface area contributed by atoms with Crippen LogP contribution in [-0.4, -0.2) is 29.0 Å². The Balaban J connectivity index is 2.22. The Labute approximate surface area is 53.2 Å². The van der Waals surface area contributed by atoms with E-state index in [0.29, 0.717) is 5.25 Å². The van der Waals surface area contributed by atoms with Crippen LogP contribution in [0.25, 0.3) is 0 Å². The van der Waals surface area contributed by atoms with E-state index in [0.717, 1.165) is 6.61 Å². The van der Waals surface area contributed by atoms with E-state index in [-0.39, 0.29) is 12.0 Å². The molecule has 0 spiro atoms. The molecule has 0 radical (unpaired) electrons. The summed E-state index contributed by atoms with van der Waals surface area (Å²) in [5.74, 6) is 0. The van der Waals surface area contributed by atoms with E-state index in [1.54, 1.807) is 11.8 Å². The zero-order valence-electron chi connectivity index (χ0n) is 4.83. The van der Waals surface area contributed by atoms with Crippen LogP contribution in [0.3, 0.4) is 0 Å². The van der Waals surface area contributed by atoms with Gasteiger partial charge in [0.1, 0.15) is 5.44 Å². The molecule has 0 aromatic carbocycles. The third kappa shape index (κ3) is 1.37. The van der Waals surface area contributed by atoms with Gasteiger partial charge in [-0.15, -0.1) is 11.8 Å². The van der Waals surface area contributed by atoms with Crippen molar-refractivity contribution < 1.29 is 9.84 Å². The van der Waals surface area contributed by atoms with Gasteiger partial charge in [-0.1, -0.05) is 6.92 Å². The molecule has 0 aliphatic carbocycles. The summed E-state index contributed by atoms with van der Waals surface area (Å²) in [7, 11) is 0. The van der Waals surface area contributed by atoms with E-state index in [9.17, 15) is 0 Å². The Morgan fingerprint density at radius 1 is 1.88 bits per heavy atom. The van der Waals surface area contributed by atoms with Crippen LogP contribution in [0, 0.1) is 0 Å². The van der Waals surface area contributed by atoms with E-state index in [4.69, 9.17) is 9.84 Å². The number of aliphatic hydroxyl groups excluding tert-OH is 1. The first-order valence-corrected chi connectivity index (χ1v) is 3.65. The Hall–Kier alpha value is 0.270. The Bertz CT molecular complexity index is 76.8. The quantitative estimate of drug-likeness (QED) is 0.565. The molecule has 0 saturated carbocycles. The lowest BCUT2D eigenvalue weighted by Gasteiger charge is -2.00. The summed E-state index contributed by atoms with van der Waals surface area (Å²) in [6.45, 7) is 3.03. The highest BCUT2D eigenvalue weighted by Gasteiger charge is 2.20. The van der Waals surface area contributed by atoms with E-state index >= 15 is 0 Å². The average molecular weight is 134 g/mol. The molecule has 0 aromatic heterocycles. The van der Waals surface area contributed by atoms with Crippen molar-refractivity contribution in [1.29, 1.82) is 0 Å². The molecular formula is C5H10O2S. The van der Waals surface area contributed by atoms with Crippen molar-refractivity contribution >= 4 is 11.8 Å². The predicted octanol–water partition coefficient (Wildman–Crippen LogP) is 0.457. The van der Waals surface area contributed by atoms with Gasteiger partial charge in [-0.2, -0.15) is 0 Å². The first kappa shape index (κ1) is 6.39. The highest BCUT2D eigenvalue weighted by atomic mass is 32.2. The molecule has 2 unspecified atom stereocenters. The van der Waals surface area contributed by atoms with Gasteiger partial charge in [0, 0.05) is 5.25 Å². The fourth-order valence-electron chi connectivity index (χ4n) is 0.676. The van der Waals surface area contributed by atoms with Crippen LogP contribution in [0.4, 0.5) is 0 Å². The molecule has 1 saturated heterocycles. The van der Waals surface area contributed by atoms with Gasteiger partial charge < -0.3 is 9.84 Å². The van der Waals surface area contributed by atoms with Gasteiger partial charge in [0.25, 0.3) is 0 Å². The monoisotopic (exact) mass is 134 g/mol. The van der Waals surface area contributed by atoms with Crippen LogP contribution in [0.15, 0.2) is 0 Å². The SMILES string of the molecule is CC1COC(CO)S1. The van der Waals surface area contributed by atoms with Gasteiger partial charge in [-0.05, 0) is 0 Å². The predicted molar refractivity (Wildman–Crippen MR) is 33.9 cm³/mol. The number of rotatable bonds is 1. The maximum Gasteiger partial charge on any atom is 0.126 e. The maximum absolute atomic E-state index is 8.54. The van der Waals surface area contributed by atoms with Gasteiger partial charge in [0.15, 0.2) is 0 Å². The molecule has 1 fully saturated rings. The van der Waals surface area contributed by atoms with Crippen LogP contribution in [0.1, 0.15) is 6.92 Å². The van der Waals surface area contributed by atoms with Crippen molar-refractivity contribution in [3.8, 4) is 0 Å². The fraction of sp³-hybridized carbons (Fsp3) is 1.00. The highest BCUT2D eigenvalue weighted by molar-refractivity contribution is 8.00. The number of hydrogen-bond acceptors (Lipinski definition) is 3. The number of aliphatic hydroxyl groups is 1. The lowest BCUT2D eigenvalue weighted by atomic mass is 10.5. The van der Waals surface area contributed by atoms with Gasteiger partial charge in [-0.3, -0.25) is 0 Å². The molecule has 1 aliphatic rings. The lowest BCUT2D eigenvalue weighted by Crippen LogP contribution is -2.05. The zero-order chi connectivity index (χ0) is 5.98. The van der Waals surface area contributed by atoms with E-state index in [2.05, 4.69) is 6.92 Å². The fourth-order valence-corrected chi connectivity index (χ4v) is 1.59. The molecule has 1 heterocycles. The second-order valence-electron chi connectivity index (χ2n) is 1.89. The summed E-state index contributed by atoms with van der Waals surface area (Å²) in [6, 6.07) is 0. The highest BCUT2D eigenvalue weighted by Crippen LogP contribution is 2.25. The topological polar surface area (TPSA) is 29.5 Å². The normalized spacial score (nSPS) is 38.2. The summed E-state index contributed by atoms with van der Waals surface area (Å²) in [5.41, 5.74) is 0.0463. The van der Waals surface area contributed by atoms with Gasteiger partial charge >= 0.3 is 0 Å². The molecule has 48 valence electrons. The van der Waals surface area contributed by atoms with Crippen molar-refractivity contribution in [2.24, 2.45) is 0 Å². The van der Waals surface area contributed by atoms with Crippen molar-refractivity contribution in [3.63, 3.8) is 0 Å². The Morgan fingerprint density at radius 2 is 2.62 bits per heavy atom. The molecule has 2 nitrogen and oxygen atoms in total. The first-order chi connectivity index (χ1) is 3.83. The lowest BCUT2D eigenvalue weighted by molar-refractivity contribution is 0.0867. The molecule has 8 heavy (non-hydrogen) atoms. The van der Waals surface area contributed by atoms with Gasteiger partial charge in [0.2, 0.25) is 0 Å². The van der Waals surface area contributed by atoms with E-state index < -0.39 is 0 Å². The van der Waals surface area contributed by atoms with Crippen LogP contribution in [0.2, 0.25) is 0 Å². The molecule has 0 bridgehead atoms. The minimum atomic E-state index is 0.0463. The minimum Gasteiger partial charge on any atom is -0.393 e. The minimum absolute atomic E-state index is 0.0463. The summed E-state index contributed by atoms with van der Waals surface area (Å²) < 4.78 is 5.13. The van der Waals surface area contributed by atoms with Crippen molar-refractivity contribution in [2.45, 2.75) is 17.6 Å². The first-order valence-electron chi connectivity index (χ1n) is 2.71. The Morgan fingerprint density at radius 3 is 2.88 bits per heavy atom. The zero-order valence-corrected chi connectivity index (χ0v) is 5.65. The van der Waals surface area contributed by atoms with Crippen LogP contribution < -0.4 is 0 Å². The third-order valence-electron chi connectivity index (χ3n) is 1.05. The van der Waals surface area contributed by atoms with Crippen molar-refractivity contribution in [3.05, 3.63) is 0 Å². The number of thioether (sulfide) groups is 1. The molecule has 0 aromatic rings. The molecule has 1 N–H and O–H groups in total. The van der Waals surface area contributed by atoms with Crippen molar-refractivity contribution in [1.82, 2.24) is 0 Å². The summed E-state index contributed by atoms with van der Waals surface area (Å²) in [5, 5.41) is 9.10. The average Bonchev–Trinajstić information content (AvgIpc) is 2.14. The molecule has 2 atom stereocenters. The van der Waals surface area contributed by atoms with Crippen LogP contribution in [0.5, 0.6) is 0 Å². The van der Waals surface area contributed by atoms with Crippen molar-refractivity contribution in [2.75, 3.05) is 13.2 Å². The molecule has 1 aliphatic heterocycles. The van der Waals surface area contributed by atoms with Crippen LogP contribution in [-0.2, 0) is 4.74 Å². The van der Waals surface area contributed by atoms with Gasteiger partial charge in [-0.25, -0.2) is 0 Å². The largest absolute Gasteiger partial charge is 0.393 e. The second-order valence-corrected chi connectivity index (χ2v) is 3.49. The number of hydrogen-bond donors (Lipinski definition) is 1. The number of ether oxygens (including phenoxy) is 1. The smallest absolute Gasteiger partial charge is 0.126 e. The molecule has 0 amide bonds. The van der Waals surface area contributed by atoms with E-state index in [1.807, 2.05) is 0 Å². The summed E-state index contributed by atoms with van der Waals surface area (Å²) in [4.78, 5) is 0. The molecular weight excluding hydrogens is 124 g/mol. The second kappa shape index (κ2) is 2.71. The molecule has 3 heteroatoms. The summed E-state index contributed by atoms with van der Waals surface area (Å²) >= 11 is 1.69. The third-order valence-corrected chi connectivity index (χ3v) is 2.24. The maximum atomic E-state index is 8.54. The Kier molecular flexibility index (Phi) is 2.16. The van der Waals surface area contributed by atoms with Crippen LogP contribution >= 0.6 is 11.8 Å². The standard InChI is InChI=1S/C5H10O2S/c1-4-3-7-5(2-6)8-4/h4-6H,2-3H2,1H3. The molecule has 1 rings (SSSR count).